The predicted octanol–water partition coefficient (Wildman–Crippen LogP) is 1.43. The number of carbonyl (C=O) groups is 1. The Morgan fingerprint density at radius 2 is 1.79 bits per heavy atom. The lowest BCUT2D eigenvalue weighted by atomic mass is 10.0. The molecule has 0 spiro atoms. The van der Waals surface area contributed by atoms with E-state index in [0.717, 1.165) is 17.7 Å². The average molecular weight is 354 g/mol. The molecule has 0 amide bonds. The Balaban J connectivity index is 2.37. The summed E-state index contributed by atoms with van der Waals surface area (Å²) in [6.07, 6.45) is -0.634. The summed E-state index contributed by atoms with van der Waals surface area (Å²) >= 11 is 0. The van der Waals surface area contributed by atoms with Gasteiger partial charge < -0.3 is 9.90 Å². The first-order chi connectivity index (χ1) is 11.2. The smallest absolute Gasteiger partial charge is 0.244 e. The number of halogens is 2. The normalized spacial score (nSPS) is 12.8. The van der Waals surface area contributed by atoms with Crippen molar-refractivity contribution in [2.45, 2.75) is 24.3 Å². The maximum absolute atomic E-state index is 13.7. The highest BCUT2D eigenvalue weighted by atomic mass is 32.2. The van der Waals surface area contributed by atoms with Crippen LogP contribution in [-0.2, 0) is 14.8 Å². The van der Waals surface area contributed by atoms with Gasteiger partial charge in [0.05, 0.1) is 6.04 Å². The van der Waals surface area contributed by atoms with E-state index in [1.807, 2.05) is 6.92 Å². The summed E-state index contributed by atoms with van der Waals surface area (Å²) in [6, 6.07) is 7.36. The van der Waals surface area contributed by atoms with E-state index < -0.39 is 45.0 Å². The van der Waals surface area contributed by atoms with E-state index >= 15 is 0 Å². The van der Waals surface area contributed by atoms with Gasteiger partial charge in [-0.15, -0.1) is 0 Å². The van der Waals surface area contributed by atoms with Gasteiger partial charge in [-0.2, -0.15) is 0 Å². The lowest BCUT2D eigenvalue weighted by Gasteiger charge is -2.20. The SMILES string of the molecule is Cc1ccc([C@H](CC(=O)[O-])NS(=O)(=O)c2ccc(F)cc2F)cc1. The van der Waals surface area contributed by atoms with Crippen LogP contribution in [0.4, 0.5) is 8.78 Å². The van der Waals surface area contributed by atoms with Crippen molar-refractivity contribution in [1.29, 1.82) is 0 Å². The summed E-state index contributed by atoms with van der Waals surface area (Å²) < 4.78 is 53.4. The van der Waals surface area contributed by atoms with Crippen LogP contribution >= 0.6 is 0 Å². The lowest BCUT2D eigenvalue weighted by molar-refractivity contribution is -0.306. The molecule has 0 aliphatic heterocycles. The minimum atomic E-state index is -4.39. The Kier molecular flexibility index (Phi) is 5.30. The van der Waals surface area contributed by atoms with Crippen molar-refractivity contribution in [2.24, 2.45) is 0 Å². The van der Waals surface area contributed by atoms with Crippen molar-refractivity contribution in [3.8, 4) is 0 Å². The highest BCUT2D eigenvalue weighted by molar-refractivity contribution is 7.89. The summed E-state index contributed by atoms with van der Waals surface area (Å²) in [7, 11) is -4.39. The first-order valence-electron chi connectivity index (χ1n) is 6.93. The lowest BCUT2D eigenvalue weighted by Crippen LogP contribution is -2.34. The molecule has 0 saturated carbocycles. The highest BCUT2D eigenvalue weighted by Crippen LogP contribution is 2.22. The van der Waals surface area contributed by atoms with Crippen LogP contribution in [0.2, 0.25) is 0 Å². The molecule has 1 atom stereocenters. The largest absolute Gasteiger partial charge is 0.550 e. The quantitative estimate of drug-likeness (QED) is 0.850. The third kappa shape index (κ3) is 4.36. The molecule has 8 heteroatoms. The van der Waals surface area contributed by atoms with Crippen molar-refractivity contribution < 1.29 is 27.1 Å². The monoisotopic (exact) mass is 354 g/mol. The fraction of sp³-hybridized carbons (Fsp3) is 0.188. The number of aliphatic carboxylic acids is 1. The topological polar surface area (TPSA) is 86.3 Å². The molecule has 2 rings (SSSR count). The second kappa shape index (κ2) is 7.06. The zero-order valence-corrected chi connectivity index (χ0v) is 13.4. The Morgan fingerprint density at radius 1 is 1.17 bits per heavy atom. The van der Waals surface area contributed by atoms with Crippen molar-refractivity contribution in [1.82, 2.24) is 4.72 Å². The minimum Gasteiger partial charge on any atom is -0.550 e. The first-order valence-corrected chi connectivity index (χ1v) is 8.41. The molecule has 0 bridgehead atoms. The van der Waals surface area contributed by atoms with Crippen LogP contribution in [0.25, 0.3) is 0 Å². The van der Waals surface area contributed by atoms with E-state index in [4.69, 9.17) is 0 Å². The van der Waals surface area contributed by atoms with E-state index in [1.54, 1.807) is 24.3 Å². The average Bonchev–Trinajstić information content (AvgIpc) is 2.46. The molecule has 0 aromatic heterocycles. The number of rotatable bonds is 6. The maximum Gasteiger partial charge on any atom is 0.244 e. The van der Waals surface area contributed by atoms with Crippen LogP contribution in [0.5, 0.6) is 0 Å². The van der Waals surface area contributed by atoms with E-state index in [1.165, 1.54) is 0 Å². The van der Waals surface area contributed by atoms with E-state index in [0.29, 0.717) is 11.6 Å². The van der Waals surface area contributed by atoms with E-state index in [9.17, 15) is 27.1 Å². The van der Waals surface area contributed by atoms with Gasteiger partial charge in [0, 0.05) is 18.5 Å². The van der Waals surface area contributed by atoms with Gasteiger partial charge in [0.15, 0.2) is 0 Å². The van der Waals surface area contributed by atoms with Gasteiger partial charge in [-0.05, 0) is 24.6 Å². The third-order valence-corrected chi connectivity index (χ3v) is 4.84. The summed E-state index contributed by atoms with van der Waals surface area (Å²) in [5.41, 5.74) is 1.29. The predicted molar refractivity (Wildman–Crippen MR) is 80.2 cm³/mol. The maximum atomic E-state index is 13.7. The molecule has 128 valence electrons. The van der Waals surface area contributed by atoms with Gasteiger partial charge in [0.25, 0.3) is 0 Å². The first kappa shape index (κ1) is 18.0. The molecule has 5 nitrogen and oxygen atoms in total. The summed E-state index contributed by atoms with van der Waals surface area (Å²) in [6.45, 7) is 1.82. The third-order valence-electron chi connectivity index (χ3n) is 3.33. The van der Waals surface area contributed by atoms with Gasteiger partial charge in [-0.1, -0.05) is 29.8 Å². The standard InChI is InChI=1S/C16H15F2NO4S/c1-10-2-4-11(5-3-10)14(9-16(20)21)19-24(22,23)15-7-6-12(17)8-13(15)18/h2-8,14,19H,9H2,1H3,(H,20,21)/p-1/t14-/m0/s1. The molecule has 24 heavy (non-hydrogen) atoms. The minimum absolute atomic E-state index is 0.385. The Labute approximate surface area is 138 Å². The molecule has 0 saturated heterocycles. The molecule has 2 aromatic rings. The van der Waals surface area contributed by atoms with Crippen molar-refractivity contribution in [3.63, 3.8) is 0 Å². The number of carboxylic acid groups (broad SMARTS) is 1. The van der Waals surface area contributed by atoms with Crippen LogP contribution in [0.1, 0.15) is 23.6 Å². The molecule has 0 radical (unpaired) electrons. The van der Waals surface area contributed by atoms with Crippen molar-refractivity contribution >= 4 is 16.0 Å². The van der Waals surface area contributed by atoms with Gasteiger partial charge in [0.2, 0.25) is 10.0 Å². The Hall–Kier alpha value is -2.32. The fourth-order valence-corrected chi connectivity index (χ4v) is 3.42. The molecule has 0 fully saturated rings. The number of benzene rings is 2. The molecular weight excluding hydrogens is 340 g/mol. The number of aryl methyl sites for hydroxylation is 1. The molecule has 0 heterocycles. The van der Waals surface area contributed by atoms with Crippen LogP contribution in [-0.4, -0.2) is 14.4 Å². The van der Waals surface area contributed by atoms with Gasteiger partial charge in [-0.25, -0.2) is 21.9 Å². The van der Waals surface area contributed by atoms with E-state index in [-0.39, 0.29) is 0 Å². The van der Waals surface area contributed by atoms with Crippen LogP contribution in [0.3, 0.4) is 0 Å². The van der Waals surface area contributed by atoms with Gasteiger partial charge in [0.1, 0.15) is 16.5 Å². The zero-order valence-electron chi connectivity index (χ0n) is 12.6. The number of hydrogen-bond donors (Lipinski definition) is 1. The number of hydrogen-bond acceptors (Lipinski definition) is 4. The number of carboxylic acids is 1. The second-order valence-electron chi connectivity index (χ2n) is 5.24. The fourth-order valence-electron chi connectivity index (χ4n) is 2.14. The number of sulfonamides is 1. The summed E-state index contributed by atoms with van der Waals surface area (Å²) in [4.78, 5) is 10.1. The van der Waals surface area contributed by atoms with Gasteiger partial charge >= 0.3 is 0 Å². The molecule has 1 N–H and O–H groups in total. The van der Waals surface area contributed by atoms with Crippen molar-refractivity contribution in [2.75, 3.05) is 0 Å². The molecule has 0 aliphatic rings. The van der Waals surface area contributed by atoms with Crippen LogP contribution < -0.4 is 9.83 Å². The molecular formula is C16H14F2NO4S-. The number of nitrogens with one attached hydrogen (secondary N) is 1. The van der Waals surface area contributed by atoms with Crippen LogP contribution in [0.15, 0.2) is 47.4 Å². The summed E-state index contributed by atoms with van der Waals surface area (Å²) in [5, 5.41) is 10.9. The Bertz CT molecular complexity index is 851. The van der Waals surface area contributed by atoms with E-state index in [2.05, 4.69) is 4.72 Å². The highest BCUT2D eigenvalue weighted by Gasteiger charge is 2.24. The molecule has 0 unspecified atom stereocenters. The number of carbonyl (C=O) groups excluding carboxylic acids is 1. The molecule has 0 aliphatic carbocycles. The zero-order chi connectivity index (χ0) is 17.9. The van der Waals surface area contributed by atoms with Gasteiger partial charge in [-0.3, -0.25) is 0 Å². The Morgan fingerprint density at radius 3 is 2.33 bits per heavy atom. The summed E-state index contributed by atoms with van der Waals surface area (Å²) in [5.74, 6) is -3.65. The molecule has 2 aromatic carbocycles. The second-order valence-corrected chi connectivity index (χ2v) is 6.92. The van der Waals surface area contributed by atoms with Crippen LogP contribution in [0, 0.1) is 18.6 Å². The van der Waals surface area contributed by atoms with Crippen molar-refractivity contribution in [3.05, 3.63) is 65.2 Å².